The molecule has 1 fully saturated rings. The van der Waals surface area contributed by atoms with Crippen LogP contribution in [0.5, 0.6) is 0 Å². The van der Waals surface area contributed by atoms with Crippen LogP contribution in [0.3, 0.4) is 0 Å². The number of hydrogen-bond donors (Lipinski definition) is 1. The molecular formula is C16H20N4O3. The average Bonchev–Trinajstić information content (AvgIpc) is 3.24. The van der Waals surface area contributed by atoms with Crippen LogP contribution in [0.15, 0.2) is 28.9 Å². The number of likely N-dealkylation sites (tertiary alicyclic amines) is 1. The zero-order chi connectivity index (χ0) is 16.4. The molecule has 7 nitrogen and oxygen atoms in total. The Morgan fingerprint density at radius 3 is 2.96 bits per heavy atom. The molecule has 1 saturated heterocycles. The van der Waals surface area contributed by atoms with Crippen molar-refractivity contribution in [2.75, 3.05) is 6.54 Å². The zero-order valence-corrected chi connectivity index (χ0v) is 13.3. The number of nitrogens with zero attached hydrogens (tertiary/aromatic N) is 3. The summed E-state index contributed by atoms with van der Waals surface area (Å²) in [7, 11) is 1.87. The van der Waals surface area contributed by atoms with Crippen molar-refractivity contribution in [2.24, 2.45) is 7.05 Å². The summed E-state index contributed by atoms with van der Waals surface area (Å²) in [6.45, 7) is 2.44. The Balaban J connectivity index is 1.73. The first-order valence-electron chi connectivity index (χ1n) is 7.67. The van der Waals surface area contributed by atoms with Crippen molar-refractivity contribution in [2.45, 2.75) is 32.4 Å². The highest BCUT2D eigenvalue weighted by molar-refractivity contribution is 5.92. The largest absolute Gasteiger partial charge is 0.454 e. The highest BCUT2D eigenvalue weighted by Crippen LogP contribution is 2.33. The van der Waals surface area contributed by atoms with Crippen LogP contribution in [0.2, 0.25) is 0 Å². The van der Waals surface area contributed by atoms with Crippen molar-refractivity contribution in [1.82, 2.24) is 20.0 Å². The van der Waals surface area contributed by atoms with E-state index in [1.54, 1.807) is 23.0 Å². The zero-order valence-electron chi connectivity index (χ0n) is 13.3. The van der Waals surface area contributed by atoms with E-state index in [9.17, 15) is 9.59 Å². The molecule has 1 N–H and O–H groups in total. The topological polar surface area (TPSA) is 80.4 Å². The van der Waals surface area contributed by atoms with Gasteiger partial charge in [-0.3, -0.25) is 14.3 Å². The fourth-order valence-electron chi connectivity index (χ4n) is 2.91. The number of carbonyl (C=O) groups excluding carboxylic acids is 2. The summed E-state index contributed by atoms with van der Waals surface area (Å²) < 4.78 is 7.32. The summed E-state index contributed by atoms with van der Waals surface area (Å²) in [5, 5.41) is 6.84. The molecule has 23 heavy (non-hydrogen) atoms. The minimum Gasteiger partial charge on any atom is -0.454 e. The average molecular weight is 316 g/mol. The smallest absolute Gasteiger partial charge is 0.290 e. The number of aryl methyl sites for hydroxylation is 1. The predicted octanol–water partition coefficient (Wildman–Crippen LogP) is 1.63. The summed E-state index contributed by atoms with van der Waals surface area (Å²) in [5.41, 5.74) is 1.04. The number of amides is 2. The predicted molar refractivity (Wildman–Crippen MR) is 82.4 cm³/mol. The maximum atomic E-state index is 12.7. The van der Waals surface area contributed by atoms with Gasteiger partial charge in [-0.2, -0.15) is 5.10 Å². The van der Waals surface area contributed by atoms with Crippen LogP contribution >= 0.6 is 0 Å². The number of rotatable bonds is 4. The monoisotopic (exact) mass is 316 g/mol. The van der Waals surface area contributed by atoms with Crippen molar-refractivity contribution in [3.63, 3.8) is 0 Å². The fraction of sp³-hybridized carbons (Fsp3) is 0.438. The molecule has 0 radical (unpaired) electrons. The summed E-state index contributed by atoms with van der Waals surface area (Å²) in [6.07, 6.45) is 5.64. The van der Waals surface area contributed by atoms with Gasteiger partial charge in [0.15, 0.2) is 5.76 Å². The van der Waals surface area contributed by atoms with Crippen LogP contribution < -0.4 is 5.32 Å². The second kappa shape index (κ2) is 6.28. The lowest BCUT2D eigenvalue weighted by Crippen LogP contribution is -2.30. The van der Waals surface area contributed by atoms with Crippen molar-refractivity contribution >= 4 is 11.8 Å². The van der Waals surface area contributed by atoms with Crippen LogP contribution in [-0.2, 0) is 18.4 Å². The summed E-state index contributed by atoms with van der Waals surface area (Å²) in [6, 6.07) is 3.43. The van der Waals surface area contributed by atoms with E-state index in [2.05, 4.69) is 10.4 Å². The van der Waals surface area contributed by atoms with Gasteiger partial charge in [0.05, 0.1) is 18.8 Å². The summed E-state index contributed by atoms with van der Waals surface area (Å²) >= 11 is 0. The number of furan rings is 1. The van der Waals surface area contributed by atoms with Crippen LogP contribution in [-0.4, -0.2) is 33.0 Å². The number of hydrogen-bond acceptors (Lipinski definition) is 4. The van der Waals surface area contributed by atoms with Gasteiger partial charge in [0, 0.05) is 32.3 Å². The Morgan fingerprint density at radius 1 is 1.43 bits per heavy atom. The molecule has 0 aromatic carbocycles. The highest BCUT2D eigenvalue weighted by Gasteiger charge is 2.32. The van der Waals surface area contributed by atoms with Crippen molar-refractivity contribution in [1.29, 1.82) is 0 Å². The van der Waals surface area contributed by atoms with E-state index in [0.29, 0.717) is 18.1 Å². The molecule has 122 valence electrons. The van der Waals surface area contributed by atoms with Gasteiger partial charge in [-0.15, -0.1) is 0 Å². The quantitative estimate of drug-likeness (QED) is 0.929. The fourth-order valence-corrected chi connectivity index (χ4v) is 2.91. The normalized spacial score (nSPS) is 17.5. The molecule has 0 spiro atoms. The summed E-state index contributed by atoms with van der Waals surface area (Å²) in [5.74, 6) is 0.623. The van der Waals surface area contributed by atoms with Gasteiger partial charge in [-0.05, 0) is 25.0 Å². The van der Waals surface area contributed by atoms with Gasteiger partial charge < -0.3 is 14.6 Å². The summed E-state index contributed by atoms with van der Waals surface area (Å²) in [4.78, 5) is 25.5. The van der Waals surface area contributed by atoms with Crippen LogP contribution in [0.25, 0.3) is 0 Å². The van der Waals surface area contributed by atoms with Crippen LogP contribution in [0.4, 0.5) is 0 Å². The Morgan fingerprint density at radius 2 is 2.26 bits per heavy atom. The Bertz CT molecular complexity index is 718. The molecule has 0 aliphatic carbocycles. The van der Waals surface area contributed by atoms with Gasteiger partial charge in [-0.1, -0.05) is 0 Å². The number of carbonyl (C=O) groups is 2. The Hall–Kier alpha value is -2.57. The second-order valence-electron chi connectivity index (χ2n) is 5.78. The van der Waals surface area contributed by atoms with Crippen molar-refractivity contribution < 1.29 is 14.0 Å². The molecule has 0 bridgehead atoms. The molecule has 2 aromatic heterocycles. The lowest BCUT2D eigenvalue weighted by atomic mass is 10.1. The molecule has 2 amide bonds. The minimum absolute atomic E-state index is 0.0418. The third-order valence-corrected chi connectivity index (χ3v) is 4.01. The van der Waals surface area contributed by atoms with Gasteiger partial charge in [0.25, 0.3) is 5.91 Å². The van der Waals surface area contributed by atoms with Gasteiger partial charge in [0.1, 0.15) is 5.76 Å². The third-order valence-electron chi connectivity index (χ3n) is 4.01. The molecule has 0 saturated carbocycles. The maximum Gasteiger partial charge on any atom is 0.290 e. The van der Waals surface area contributed by atoms with Crippen LogP contribution in [0, 0.1) is 0 Å². The molecule has 3 rings (SSSR count). The maximum absolute atomic E-state index is 12.7. The molecule has 0 unspecified atom stereocenters. The number of aromatic nitrogens is 2. The van der Waals surface area contributed by atoms with E-state index in [4.69, 9.17) is 4.42 Å². The van der Waals surface area contributed by atoms with E-state index in [-0.39, 0.29) is 24.4 Å². The van der Waals surface area contributed by atoms with Crippen molar-refractivity contribution in [3.05, 3.63) is 41.6 Å². The molecule has 1 atom stereocenters. The number of nitrogens with one attached hydrogen (secondary N) is 1. The van der Waals surface area contributed by atoms with E-state index < -0.39 is 0 Å². The van der Waals surface area contributed by atoms with Crippen molar-refractivity contribution in [3.8, 4) is 0 Å². The SMILES string of the molecule is CC(=O)NCc1ccc(C(=O)N2CCC[C@H]2c2cnn(C)c2)o1. The lowest BCUT2D eigenvalue weighted by molar-refractivity contribution is -0.119. The van der Waals surface area contributed by atoms with E-state index in [0.717, 1.165) is 18.4 Å². The molecule has 2 aromatic rings. The standard InChI is InChI=1S/C16H20N4O3/c1-11(21)17-9-13-5-6-15(23-13)16(22)20-7-3-4-14(20)12-8-18-19(2)10-12/h5-6,8,10,14H,3-4,7,9H2,1-2H3,(H,17,21)/t14-/m0/s1. The molecule has 1 aliphatic heterocycles. The van der Waals surface area contributed by atoms with Crippen LogP contribution in [0.1, 0.15) is 47.7 Å². The minimum atomic E-state index is -0.134. The molecular weight excluding hydrogens is 296 g/mol. The highest BCUT2D eigenvalue weighted by atomic mass is 16.4. The third kappa shape index (κ3) is 3.28. The molecule has 3 heterocycles. The first kappa shape index (κ1) is 15.3. The Labute approximate surface area is 134 Å². The first-order valence-corrected chi connectivity index (χ1v) is 7.67. The first-order chi connectivity index (χ1) is 11.0. The molecule has 7 heteroatoms. The van der Waals surface area contributed by atoms with Gasteiger partial charge in [0.2, 0.25) is 5.91 Å². The van der Waals surface area contributed by atoms with E-state index in [1.807, 2.05) is 18.1 Å². The molecule has 1 aliphatic rings. The van der Waals surface area contributed by atoms with E-state index >= 15 is 0 Å². The Kier molecular flexibility index (Phi) is 4.18. The van der Waals surface area contributed by atoms with E-state index in [1.165, 1.54) is 6.92 Å². The second-order valence-corrected chi connectivity index (χ2v) is 5.78. The van der Waals surface area contributed by atoms with Gasteiger partial charge in [-0.25, -0.2) is 0 Å². The lowest BCUT2D eigenvalue weighted by Gasteiger charge is -2.22. The van der Waals surface area contributed by atoms with Gasteiger partial charge >= 0.3 is 0 Å².